The molecular formula is C11H14N2O3. The van der Waals surface area contributed by atoms with Crippen molar-refractivity contribution < 1.29 is 14.3 Å². The minimum atomic E-state index is -0.378. The maximum Gasteiger partial charge on any atom is 0.310 e. The van der Waals surface area contributed by atoms with Gasteiger partial charge in [-0.3, -0.25) is 9.59 Å². The minimum absolute atomic E-state index is 0.0853. The molecule has 1 aromatic rings. The number of esters is 1. The predicted octanol–water partition coefficient (Wildman–Crippen LogP) is 0.876. The number of imidazole rings is 1. The molecule has 1 aromatic heterocycles. The molecule has 0 bridgehead atoms. The molecular weight excluding hydrogens is 208 g/mol. The zero-order valence-corrected chi connectivity index (χ0v) is 9.61. The average Bonchev–Trinajstić information content (AvgIpc) is 2.56. The van der Waals surface area contributed by atoms with Crippen molar-refractivity contribution in [3.63, 3.8) is 0 Å². The van der Waals surface area contributed by atoms with Crippen LogP contribution in [0.2, 0.25) is 0 Å². The van der Waals surface area contributed by atoms with Gasteiger partial charge in [-0.15, -0.1) is 0 Å². The van der Waals surface area contributed by atoms with E-state index in [9.17, 15) is 9.59 Å². The van der Waals surface area contributed by atoms with Crippen molar-refractivity contribution >= 4 is 11.8 Å². The van der Waals surface area contributed by atoms with Gasteiger partial charge in [0.15, 0.2) is 11.6 Å². The van der Waals surface area contributed by atoms with E-state index >= 15 is 0 Å². The van der Waals surface area contributed by atoms with Gasteiger partial charge in [0.25, 0.3) is 0 Å². The lowest BCUT2D eigenvalue weighted by Crippen LogP contribution is -2.31. The Morgan fingerprint density at radius 1 is 1.50 bits per heavy atom. The molecule has 1 atom stereocenters. The summed E-state index contributed by atoms with van der Waals surface area (Å²) in [6.45, 7) is 4.25. The van der Waals surface area contributed by atoms with Crippen molar-refractivity contribution in [2.24, 2.45) is 5.92 Å². The van der Waals surface area contributed by atoms with Gasteiger partial charge in [-0.05, 0) is 13.8 Å². The van der Waals surface area contributed by atoms with E-state index in [4.69, 9.17) is 0 Å². The first-order valence-electron chi connectivity index (χ1n) is 5.19. The van der Waals surface area contributed by atoms with Crippen LogP contribution in [0.5, 0.6) is 0 Å². The minimum Gasteiger partial charge on any atom is -0.469 e. The van der Waals surface area contributed by atoms with Gasteiger partial charge in [-0.1, -0.05) is 0 Å². The van der Waals surface area contributed by atoms with Gasteiger partial charge in [0.2, 0.25) is 0 Å². The summed E-state index contributed by atoms with van der Waals surface area (Å²) in [6.07, 6.45) is 0.197. The van der Waals surface area contributed by atoms with Gasteiger partial charge in [-0.25, -0.2) is 4.98 Å². The van der Waals surface area contributed by atoms with E-state index in [0.29, 0.717) is 12.4 Å². The van der Waals surface area contributed by atoms with Crippen molar-refractivity contribution in [1.29, 1.82) is 0 Å². The molecule has 2 rings (SSSR count). The van der Waals surface area contributed by atoms with Crippen molar-refractivity contribution in [2.75, 3.05) is 7.11 Å². The summed E-state index contributed by atoms with van der Waals surface area (Å²) in [4.78, 5) is 27.4. The van der Waals surface area contributed by atoms with Crippen molar-refractivity contribution in [3.05, 3.63) is 17.2 Å². The molecule has 5 nitrogen and oxygen atoms in total. The Labute approximate surface area is 93.4 Å². The third kappa shape index (κ3) is 1.52. The molecule has 0 aromatic carbocycles. The van der Waals surface area contributed by atoms with Crippen LogP contribution in [0, 0.1) is 19.8 Å². The van der Waals surface area contributed by atoms with E-state index in [1.165, 1.54) is 7.11 Å². The highest BCUT2D eigenvalue weighted by Crippen LogP contribution is 2.23. The van der Waals surface area contributed by atoms with Crippen LogP contribution in [-0.2, 0) is 16.1 Å². The van der Waals surface area contributed by atoms with E-state index in [2.05, 4.69) is 9.72 Å². The number of carbonyl (C=O) groups excluding carboxylic acids is 2. The first-order chi connectivity index (χ1) is 7.54. The zero-order valence-electron chi connectivity index (χ0n) is 9.61. The number of aryl methyl sites for hydroxylation is 1. The summed E-state index contributed by atoms with van der Waals surface area (Å²) < 4.78 is 6.48. The lowest BCUT2D eigenvalue weighted by atomic mass is 9.98. The Bertz CT molecular complexity index is 462. The number of ketones is 1. The average molecular weight is 222 g/mol. The molecule has 0 radical (unpaired) electrons. The van der Waals surface area contributed by atoms with Crippen LogP contribution < -0.4 is 0 Å². The second kappa shape index (κ2) is 3.73. The van der Waals surface area contributed by atoms with Crippen LogP contribution in [0.1, 0.15) is 28.4 Å². The predicted molar refractivity (Wildman–Crippen MR) is 56.2 cm³/mol. The summed E-state index contributed by atoms with van der Waals surface area (Å²) >= 11 is 0. The highest BCUT2D eigenvalue weighted by atomic mass is 16.5. The summed E-state index contributed by atoms with van der Waals surface area (Å²) in [5.41, 5.74) is 1.78. The molecule has 0 aliphatic carbocycles. The topological polar surface area (TPSA) is 61.2 Å². The molecule has 0 saturated carbocycles. The number of fused-ring (bicyclic) bond motifs is 1. The second-order valence-corrected chi connectivity index (χ2v) is 4.06. The maximum absolute atomic E-state index is 11.8. The molecule has 0 N–H and O–H groups in total. The largest absolute Gasteiger partial charge is 0.469 e. The third-order valence-corrected chi connectivity index (χ3v) is 3.08. The lowest BCUT2D eigenvalue weighted by molar-refractivity contribution is -0.146. The van der Waals surface area contributed by atoms with Crippen LogP contribution in [-0.4, -0.2) is 28.4 Å². The Morgan fingerprint density at radius 3 is 2.81 bits per heavy atom. The highest BCUT2D eigenvalue weighted by Gasteiger charge is 2.32. The van der Waals surface area contributed by atoms with Gasteiger partial charge < -0.3 is 9.30 Å². The van der Waals surface area contributed by atoms with Crippen molar-refractivity contribution in [3.8, 4) is 0 Å². The molecule has 0 spiro atoms. The van der Waals surface area contributed by atoms with E-state index in [0.717, 1.165) is 11.4 Å². The fourth-order valence-corrected chi connectivity index (χ4v) is 2.02. The van der Waals surface area contributed by atoms with E-state index in [1.54, 1.807) is 0 Å². The number of hydrogen-bond acceptors (Lipinski definition) is 4. The molecule has 86 valence electrons. The van der Waals surface area contributed by atoms with Crippen LogP contribution >= 0.6 is 0 Å². The van der Waals surface area contributed by atoms with Gasteiger partial charge in [-0.2, -0.15) is 0 Å². The van der Waals surface area contributed by atoms with Gasteiger partial charge in [0.05, 0.1) is 18.7 Å². The van der Waals surface area contributed by atoms with E-state index < -0.39 is 0 Å². The molecule has 1 aliphatic heterocycles. The normalized spacial score (nSPS) is 19.4. The zero-order chi connectivity index (χ0) is 11.9. The number of rotatable bonds is 1. The Morgan fingerprint density at radius 2 is 2.19 bits per heavy atom. The number of aromatic nitrogens is 2. The number of nitrogens with zero attached hydrogens (tertiary/aromatic N) is 2. The molecule has 1 aliphatic rings. The first-order valence-corrected chi connectivity index (χ1v) is 5.19. The molecule has 0 saturated heterocycles. The van der Waals surface area contributed by atoms with Crippen molar-refractivity contribution in [2.45, 2.75) is 26.8 Å². The molecule has 2 heterocycles. The monoisotopic (exact) mass is 222 g/mol. The number of methoxy groups -OCH3 is 1. The third-order valence-electron chi connectivity index (χ3n) is 3.08. The fourth-order valence-electron chi connectivity index (χ4n) is 2.02. The van der Waals surface area contributed by atoms with E-state index in [1.807, 2.05) is 18.4 Å². The van der Waals surface area contributed by atoms with Crippen LogP contribution in [0.3, 0.4) is 0 Å². The summed E-state index contributed by atoms with van der Waals surface area (Å²) in [5, 5.41) is 0. The maximum atomic E-state index is 11.8. The molecule has 16 heavy (non-hydrogen) atoms. The number of Topliss-reactive ketones (excluding diaryl/α,β-unsaturated/α-hetero) is 1. The lowest BCUT2D eigenvalue weighted by Gasteiger charge is -2.21. The second-order valence-electron chi connectivity index (χ2n) is 4.06. The van der Waals surface area contributed by atoms with Crippen molar-refractivity contribution in [1.82, 2.24) is 9.55 Å². The van der Waals surface area contributed by atoms with Crippen LogP contribution in [0.4, 0.5) is 0 Å². The Balaban J connectivity index is 2.38. The SMILES string of the molecule is COC(=O)C1CC(=O)c2nc(C)c(C)n2C1. The smallest absolute Gasteiger partial charge is 0.310 e. The summed E-state index contributed by atoms with van der Waals surface area (Å²) in [6, 6.07) is 0. The molecule has 0 amide bonds. The number of ether oxygens (including phenoxy) is 1. The van der Waals surface area contributed by atoms with Crippen LogP contribution in [0.25, 0.3) is 0 Å². The molecule has 5 heteroatoms. The Hall–Kier alpha value is -1.65. The summed E-state index contributed by atoms with van der Waals surface area (Å²) in [7, 11) is 1.34. The standard InChI is InChI=1S/C11H14N2O3/c1-6-7(2)13-5-8(11(15)16-3)4-9(14)10(13)12-6/h8H,4-5H2,1-3H3. The Kier molecular flexibility index (Phi) is 2.53. The molecule has 0 fully saturated rings. The van der Waals surface area contributed by atoms with Gasteiger partial charge >= 0.3 is 5.97 Å². The quantitative estimate of drug-likeness (QED) is 0.662. The first kappa shape index (κ1) is 10.9. The summed E-state index contributed by atoms with van der Waals surface area (Å²) in [5.74, 6) is -0.324. The fraction of sp³-hybridized carbons (Fsp3) is 0.545. The number of carbonyl (C=O) groups is 2. The van der Waals surface area contributed by atoms with E-state index in [-0.39, 0.29) is 24.1 Å². The number of hydrogen-bond donors (Lipinski definition) is 0. The van der Waals surface area contributed by atoms with Gasteiger partial charge in [0, 0.05) is 18.7 Å². The highest BCUT2D eigenvalue weighted by molar-refractivity contribution is 5.96. The van der Waals surface area contributed by atoms with Gasteiger partial charge in [0.1, 0.15) is 0 Å². The van der Waals surface area contributed by atoms with Crippen LogP contribution in [0.15, 0.2) is 0 Å². The molecule has 1 unspecified atom stereocenters.